The molecule has 4 rings (SSSR count). The molecule has 0 bridgehead atoms. The highest BCUT2D eigenvalue weighted by atomic mass is 35.5. The van der Waals surface area contributed by atoms with E-state index in [1.807, 2.05) is 11.9 Å². The summed E-state index contributed by atoms with van der Waals surface area (Å²) in [6.45, 7) is 1.41. The number of halogens is 1. The Kier molecular flexibility index (Phi) is 7.43. The smallest absolute Gasteiger partial charge is 0.335 e. The van der Waals surface area contributed by atoms with E-state index < -0.39 is 47.5 Å². The van der Waals surface area contributed by atoms with E-state index in [1.165, 1.54) is 6.07 Å². The van der Waals surface area contributed by atoms with Crippen molar-refractivity contribution in [3.63, 3.8) is 0 Å². The molecule has 2 aromatic rings. The minimum Gasteiger partial charge on any atom is -0.479 e. The van der Waals surface area contributed by atoms with Crippen LogP contribution < -0.4 is 15.0 Å². The number of carboxylic acid groups (broad SMARTS) is 1. The Morgan fingerprint density at radius 1 is 1.12 bits per heavy atom. The first kappa shape index (κ1) is 24.9. The lowest BCUT2D eigenvalue weighted by Crippen LogP contribution is -2.61. The van der Waals surface area contributed by atoms with Gasteiger partial charge in [0.15, 0.2) is 6.10 Å². The van der Waals surface area contributed by atoms with Crippen molar-refractivity contribution in [3.8, 4) is 5.75 Å². The fourth-order valence-electron chi connectivity index (χ4n) is 3.98. The van der Waals surface area contributed by atoms with Crippen molar-refractivity contribution in [2.24, 2.45) is 0 Å². The topological polar surface area (TPSA) is 149 Å². The number of hydrogen-bond donors (Lipinski definition) is 5. The molecule has 1 unspecified atom stereocenters. The Morgan fingerprint density at radius 3 is 2.59 bits per heavy atom. The molecule has 12 heteroatoms. The molecule has 0 spiro atoms. The van der Waals surface area contributed by atoms with Gasteiger partial charge in [0, 0.05) is 11.6 Å². The highest BCUT2D eigenvalue weighted by Gasteiger charge is 2.48. The largest absolute Gasteiger partial charge is 0.479 e. The van der Waals surface area contributed by atoms with Crippen LogP contribution in [-0.2, 0) is 20.3 Å². The quantitative estimate of drug-likeness (QED) is 0.338. The maximum absolute atomic E-state index is 13.4. The van der Waals surface area contributed by atoms with Gasteiger partial charge in [-0.25, -0.2) is 9.00 Å². The Labute approximate surface area is 203 Å². The van der Waals surface area contributed by atoms with Gasteiger partial charge in [0.1, 0.15) is 24.1 Å². The Bertz CT molecular complexity index is 1100. The van der Waals surface area contributed by atoms with E-state index in [0.717, 1.165) is 18.7 Å². The van der Waals surface area contributed by atoms with Crippen molar-refractivity contribution in [1.29, 1.82) is 0 Å². The van der Waals surface area contributed by atoms with Crippen molar-refractivity contribution in [2.45, 2.75) is 46.9 Å². The summed E-state index contributed by atoms with van der Waals surface area (Å²) < 4.78 is 24.2. The maximum Gasteiger partial charge on any atom is 0.335 e. The number of nitrogens with one attached hydrogen (secondary N) is 1. The number of aliphatic hydroxyl groups is 3. The van der Waals surface area contributed by atoms with Gasteiger partial charge in [-0.05, 0) is 56.4 Å². The summed E-state index contributed by atoms with van der Waals surface area (Å²) in [5.74, 6) is -1.36. The molecule has 0 amide bonds. The molecule has 2 heterocycles. The van der Waals surface area contributed by atoms with Crippen LogP contribution in [0.3, 0.4) is 0 Å². The third kappa shape index (κ3) is 4.65. The van der Waals surface area contributed by atoms with Crippen LogP contribution in [-0.4, -0.2) is 81.4 Å². The molecular weight excluding hydrogens is 488 g/mol. The van der Waals surface area contributed by atoms with Gasteiger partial charge in [0.2, 0.25) is 6.29 Å². The molecule has 0 saturated carbocycles. The van der Waals surface area contributed by atoms with Gasteiger partial charge < -0.3 is 40.1 Å². The van der Waals surface area contributed by atoms with Crippen LogP contribution in [0.5, 0.6) is 5.75 Å². The second kappa shape index (κ2) is 10.2. The second-order valence-corrected chi connectivity index (χ2v) is 9.83. The van der Waals surface area contributed by atoms with Gasteiger partial charge in [0.25, 0.3) is 0 Å². The van der Waals surface area contributed by atoms with Crippen LogP contribution in [0.15, 0.2) is 46.2 Å². The predicted molar refractivity (Wildman–Crippen MR) is 123 cm³/mol. The van der Waals surface area contributed by atoms with E-state index in [-0.39, 0.29) is 5.75 Å². The summed E-state index contributed by atoms with van der Waals surface area (Å²) in [5.41, 5.74) is 1.44. The molecule has 10 nitrogen and oxygen atoms in total. The molecule has 2 aliphatic heterocycles. The number of rotatable bonds is 7. The molecule has 1 fully saturated rings. The first-order valence-electron chi connectivity index (χ1n) is 10.6. The third-order valence-electron chi connectivity index (χ3n) is 5.71. The normalized spacial score (nSPS) is 28.2. The lowest BCUT2D eigenvalue weighted by Gasteiger charge is -2.38. The minimum atomic E-state index is -1.82. The fraction of sp³-hybridized carbons (Fsp3) is 0.409. The van der Waals surface area contributed by atoms with Crippen molar-refractivity contribution in [1.82, 2.24) is 5.32 Å². The van der Waals surface area contributed by atoms with Gasteiger partial charge in [0.05, 0.1) is 32.0 Å². The highest BCUT2D eigenvalue weighted by Crippen LogP contribution is 2.44. The first-order valence-corrected chi connectivity index (χ1v) is 12.1. The minimum absolute atomic E-state index is 0.150. The number of anilines is 2. The van der Waals surface area contributed by atoms with E-state index >= 15 is 0 Å². The lowest BCUT2D eigenvalue weighted by molar-refractivity contribution is -0.271. The number of aliphatic carboxylic acids is 1. The lowest BCUT2D eigenvalue weighted by atomic mass is 9.99. The number of carbonyl (C=O) groups is 1. The molecule has 0 aromatic heterocycles. The van der Waals surface area contributed by atoms with Crippen molar-refractivity contribution >= 4 is 39.7 Å². The summed E-state index contributed by atoms with van der Waals surface area (Å²) >= 11 is 6.21. The van der Waals surface area contributed by atoms with Gasteiger partial charge in [-0.15, -0.1) is 0 Å². The fourth-order valence-corrected chi connectivity index (χ4v) is 5.53. The van der Waals surface area contributed by atoms with Gasteiger partial charge in [-0.3, -0.25) is 0 Å². The summed E-state index contributed by atoms with van der Waals surface area (Å²) in [6.07, 6.45) is -7.84. The molecule has 34 heavy (non-hydrogen) atoms. The zero-order chi connectivity index (χ0) is 24.6. The molecule has 6 atom stereocenters. The number of benzene rings is 2. The number of fused-ring (bicyclic) bond motifs is 2. The molecule has 0 radical (unpaired) electrons. The van der Waals surface area contributed by atoms with Crippen LogP contribution in [0, 0.1) is 0 Å². The summed E-state index contributed by atoms with van der Waals surface area (Å²) in [7, 11) is 0.300. The Morgan fingerprint density at radius 2 is 1.88 bits per heavy atom. The van der Waals surface area contributed by atoms with Gasteiger partial charge in [-0.1, -0.05) is 11.6 Å². The summed E-state index contributed by atoms with van der Waals surface area (Å²) in [6, 6.07) is 9.95. The average Bonchev–Trinajstić information content (AvgIpc) is 2.81. The van der Waals surface area contributed by atoms with Crippen LogP contribution in [0.2, 0.25) is 5.02 Å². The molecule has 184 valence electrons. The van der Waals surface area contributed by atoms with Crippen LogP contribution >= 0.6 is 11.6 Å². The summed E-state index contributed by atoms with van der Waals surface area (Å²) in [5, 5.41) is 43.0. The van der Waals surface area contributed by atoms with Gasteiger partial charge >= 0.3 is 5.97 Å². The second-order valence-electron chi connectivity index (χ2n) is 7.97. The highest BCUT2D eigenvalue weighted by molar-refractivity contribution is 7.85. The first-order chi connectivity index (χ1) is 16.2. The van der Waals surface area contributed by atoms with E-state index in [2.05, 4.69) is 5.32 Å². The number of aliphatic hydroxyl groups excluding tert-OH is 3. The molecule has 5 N–H and O–H groups in total. The van der Waals surface area contributed by atoms with Crippen LogP contribution in [0.25, 0.3) is 0 Å². The number of ether oxygens (including phenoxy) is 2. The van der Waals surface area contributed by atoms with E-state index in [4.69, 9.17) is 21.1 Å². The van der Waals surface area contributed by atoms with Crippen molar-refractivity contribution in [3.05, 3.63) is 41.4 Å². The van der Waals surface area contributed by atoms with Gasteiger partial charge in [-0.2, -0.15) is 0 Å². The van der Waals surface area contributed by atoms with E-state index in [0.29, 0.717) is 27.0 Å². The average molecular weight is 513 g/mol. The summed E-state index contributed by atoms with van der Waals surface area (Å²) in [4.78, 5) is 14.4. The maximum atomic E-state index is 13.4. The van der Waals surface area contributed by atoms with E-state index in [9.17, 15) is 29.4 Å². The van der Waals surface area contributed by atoms with Crippen molar-refractivity contribution < 1.29 is 38.9 Å². The third-order valence-corrected chi connectivity index (χ3v) is 7.41. The Balaban J connectivity index is 1.65. The number of carboxylic acids is 1. The molecule has 0 aliphatic carbocycles. The predicted octanol–water partition coefficient (Wildman–Crippen LogP) is 0.839. The SMILES string of the molecule is CNCCCN1c2cc(Cl)ccc2S(=O)c2cc(O[C@@H]3O[C@H](C(=O)O)[C@@H](O)[C@H](O)[C@H]3O)ccc21. The zero-order valence-corrected chi connectivity index (χ0v) is 19.7. The van der Waals surface area contributed by atoms with Crippen molar-refractivity contribution in [2.75, 3.05) is 25.0 Å². The molecule has 2 aromatic carbocycles. The van der Waals surface area contributed by atoms with Crippen LogP contribution in [0.4, 0.5) is 11.4 Å². The Hall–Kier alpha value is -2.25. The monoisotopic (exact) mass is 512 g/mol. The standard InChI is InChI=1S/C22H25ClN2O8S/c1-24-7-2-8-25-13-5-4-12(10-16(13)34(31)15-6-3-11(23)9-14(15)25)32-22-19(28)17(26)18(27)20(33-22)21(29)30/h3-6,9-10,17-20,22,24,26-28H,2,7-8H2,1H3,(H,29,30)/t17-,18-,19+,20-,22+,34?/m0/s1. The van der Waals surface area contributed by atoms with Crippen LogP contribution in [0.1, 0.15) is 6.42 Å². The molecule has 1 saturated heterocycles. The number of hydrogen-bond acceptors (Lipinski definition) is 9. The molecular formula is C22H25ClN2O8S. The molecule has 2 aliphatic rings. The van der Waals surface area contributed by atoms with E-state index in [1.54, 1.807) is 30.3 Å². The zero-order valence-electron chi connectivity index (χ0n) is 18.1. The number of nitrogens with zero attached hydrogens (tertiary/aromatic N) is 1.